The highest BCUT2D eigenvalue weighted by molar-refractivity contribution is 6.03. The van der Waals surface area contributed by atoms with Crippen LogP contribution in [0.3, 0.4) is 0 Å². The fourth-order valence-corrected chi connectivity index (χ4v) is 2.72. The molecule has 94 valence electrons. The zero-order valence-corrected chi connectivity index (χ0v) is 10.6. The topological polar surface area (TPSA) is 37.4 Å². The van der Waals surface area contributed by atoms with Gasteiger partial charge in [-0.1, -0.05) is 19.3 Å². The molecular formula is C15H17NO2. The van der Waals surface area contributed by atoms with Crippen LogP contribution in [0.2, 0.25) is 0 Å². The summed E-state index contributed by atoms with van der Waals surface area (Å²) in [5.41, 5.74) is 2.70. The molecule has 0 spiro atoms. The van der Waals surface area contributed by atoms with Crippen molar-refractivity contribution < 1.29 is 9.59 Å². The summed E-state index contributed by atoms with van der Waals surface area (Å²) >= 11 is 0. The van der Waals surface area contributed by atoms with E-state index in [-0.39, 0.29) is 11.7 Å². The molecule has 3 rings (SSSR count). The molecule has 3 heteroatoms. The molecule has 1 aromatic carbocycles. The Hall–Kier alpha value is -1.64. The van der Waals surface area contributed by atoms with Crippen LogP contribution in [0.1, 0.15) is 41.6 Å². The highest BCUT2D eigenvalue weighted by Gasteiger charge is 2.26. The number of anilines is 1. The Morgan fingerprint density at radius 1 is 1.39 bits per heavy atom. The van der Waals surface area contributed by atoms with Gasteiger partial charge in [0.1, 0.15) is 0 Å². The molecule has 0 unspecified atom stereocenters. The van der Waals surface area contributed by atoms with Gasteiger partial charge in [-0.2, -0.15) is 0 Å². The Morgan fingerprint density at radius 2 is 2.17 bits per heavy atom. The maximum absolute atomic E-state index is 12.1. The van der Waals surface area contributed by atoms with Crippen LogP contribution in [-0.4, -0.2) is 18.7 Å². The first kappa shape index (κ1) is 11.5. The molecule has 0 saturated heterocycles. The molecule has 1 aromatic rings. The highest BCUT2D eigenvalue weighted by Crippen LogP contribution is 2.32. The van der Waals surface area contributed by atoms with Crippen LogP contribution >= 0.6 is 0 Å². The van der Waals surface area contributed by atoms with E-state index in [0.717, 1.165) is 16.8 Å². The number of hydrogen-bond acceptors (Lipinski definition) is 2. The van der Waals surface area contributed by atoms with Gasteiger partial charge >= 0.3 is 0 Å². The van der Waals surface area contributed by atoms with Crippen LogP contribution in [0.4, 0.5) is 5.69 Å². The van der Waals surface area contributed by atoms with Gasteiger partial charge in [0.25, 0.3) is 0 Å². The average molecular weight is 243 g/mol. The monoisotopic (exact) mass is 243 g/mol. The maximum Gasteiger partial charge on any atom is 0.231 e. The van der Waals surface area contributed by atoms with E-state index in [1.807, 2.05) is 18.2 Å². The van der Waals surface area contributed by atoms with E-state index >= 15 is 0 Å². The molecule has 1 fully saturated rings. The Labute approximate surface area is 107 Å². The number of amides is 1. The van der Waals surface area contributed by atoms with Crippen molar-refractivity contribution in [3.05, 3.63) is 29.3 Å². The molecule has 0 bridgehead atoms. The summed E-state index contributed by atoms with van der Waals surface area (Å²) in [4.78, 5) is 25.4. The standard InChI is InChI=1S/C15H17NO2/c1-16-13-6-5-11(8-12(13)9-15(16)18)14(17)7-10-3-2-4-10/h5-6,8,10H,2-4,7,9H2,1H3. The van der Waals surface area contributed by atoms with E-state index in [9.17, 15) is 9.59 Å². The van der Waals surface area contributed by atoms with Gasteiger partial charge in [0.15, 0.2) is 5.78 Å². The second-order valence-corrected chi connectivity index (χ2v) is 5.40. The van der Waals surface area contributed by atoms with Gasteiger partial charge in [0.2, 0.25) is 5.91 Å². The van der Waals surface area contributed by atoms with Crippen molar-refractivity contribution in [3.8, 4) is 0 Å². The minimum atomic E-state index is 0.105. The van der Waals surface area contributed by atoms with Crippen molar-refractivity contribution >= 4 is 17.4 Å². The normalized spacial score (nSPS) is 18.7. The third-order valence-corrected chi connectivity index (χ3v) is 4.18. The lowest BCUT2D eigenvalue weighted by atomic mass is 9.81. The fraction of sp³-hybridized carbons (Fsp3) is 0.467. The molecule has 2 aliphatic rings. The van der Waals surface area contributed by atoms with Crippen molar-refractivity contribution in [3.63, 3.8) is 0 Å². The lowest BCUT2D eigenvalue weighted by Gasteiger charge is -2.24. The zero-order chi connectivity index (χ0) is 12.7. The number of likely N-dealkylation sites (N-methyl/N-ethyl adjacent to an activating group) is 1. The molecular weight excluding hydrogens is 226 g/mol. The predicted molar refractivity (Wildman–Crippen MR) is 69.8 cm³/mol. The fourth-order valence-electron chi connectivity index (χ4n) is 2.72. The Bertz CT molecular complexity index is 517. The number of Topliss-reactive ketones (excluding diaryl/α,β-unsaturated/α-hetero) is 1. The van der Waals surface area contributed by atoms with Crippen LogP contribution in [0.15, 0.2) is 18.2 Å². The number of carbonyl (C=O) groups excluding carboxylic acids is 2. The second-order valence-electron chi connectivity index (χ2n) is 5.40. The first-order valence-corrected chi connectivity index (χ1v) is 6.58. The van der Waals surface area contributed by atoms with E-state index < -0.39 is 0 Å². The number of fused-ring (bicyclic) bond motifs is 1. The van der Waals surface area contributed by atoms with Crippen molar-refractivity contribution in [1.29, 1.82) is 0 Å². The van der Waals surface area contributed by atoms with Gasteiger partial charge in [-0.3, -0.25) is 9.59 Å². The van der Waals surface area contributed by atoms with Gasteiger partial charge < -0.3 is 4.90 Å². The van der Waals surface area contributed by atoms with Crippen LogP contribution < -0.4 is 4.90 Å². The summed E-state index contributed by atoms with van der Waals surface area (Å²) in [6.45, 7) is 0. The summed E-state index contributed by atoms with van der Waals surface area (Å²) in [7, 11) is 1.78. The highest BCUT2D eigenvalue weighted by atomic mass is 16.2. The first-order valence-electron chi connectivity index (χ1n) is 6.58. The molecule has 0 atom stereocenters. The lowest BCUT2D eigenvalue weighted by molar-refractivity contribution is -0.117. The molecule has 3 nitrogen and oxygen atoms in total. The summed E-state index contributed by atoms with van der Waals surface area (Å²) in [6.07, 6.45) is 4.75. The third-order valence-electron chi connectivity index (χ3n) is 4.18. The zero-order valence-electron chi connectivity index (χ0n) is 10.6. The Morgan fingerprint density at radius 3 is 2.83 bits per heavy atom. The second kappa shape index (κ2) is 4.23. The summed E-state index contributed by atoms with van der Waals surface area (Å²) in [6, 6.07) is 5.65. The van der Waals surface area contributed by atoms with Crippen LogP contribution in [0, 0.1) is 5.92 Å². The first-order chi connectivity index (χ1) is 8.65. The molecule has 18 heavy (non-hydrogen) atoms. The lowest BCUT2D eigenvalue weighted by Crippen LogP contribution is -2.20. The summed E-state index contributed by atoms with van der Waals surface area (Å²) in [5.74, 6) is 0.924. The molecule has 0 aromatic heterocycles. The van der Waals surface area contributed by atoms with Crippen molar-refractivity contribution in [2.75, 3.05) is 11.9 Å². The molecule has 1 heterocycles. The van der Waals surface area contributed by atoms with Crippen LogP contribution in [-0.2, 0) is 11.2 Å². The van der Waals surface area contributed by atoms with E-state index in [1.54, 1.807) is 11.9 Å². The van der Waals surface area contributed by atoms with Crippen molar-refractivity contribution in [1.82, 2.24) is 0 Å². The van der Waals surface area contributed by atoms with Gasteiger partial charge in [0.05, 0.1) is 6.42 Å². The van der Waals surface area contributed by atoms with E-state index in [2.05, 4.69) is 0 Å². The quantitative estimate of drug-likeness (QED) is 0.765. The van der Waals surface area contributed by atoms with E-state index in [4.69, 9.17) is 0 Å². The smallest absolute Gasteiger partial charge is 0.231 e. The Kier molecular flexibility index (Phi) is 2.69. The minimum absolute atomic E-state index is 0.105. The average Bonchev–Trinajstić information content (AvgIpc) is 2.59. The maximum atomic E-state index is 12.1. The van der Waals surface area contributed by atoms with Gasteiger partial charge in [-0.05, 0) is 29.7 Å². The van der Waals surface area contributed by atoms with Crippen molar-refractivity contribution in [2.24, 2.45) is 5.92 Å². The van der Waals surface area contributed by atoms with Crippen LogP contribution in [0.25, 0.3) is 0 Å². The summed E-state index contributed by atoms with van der Waals surface area (Å²) in [5, 5.41) is 0. The van der Waals surface area contributed by atoms with Gasteiger partial charge in [-0.15, -0.1) is 0 Å². The molecule has 0 N–H and O–H groups in total. The summed E-state index contributed by atoms with van der Waals surface area (Å²) < 4.78 is 0. The minimum Gasteiger partial charge on any atom is -0.315 e. The van der Waals surface area contributed by atoms with Gasteiger partial charge in [0, 0.05) is 24.7 Å². The molecule has 1 aliphatic heterocycles. The number of ketones is 1. The molecule has 1 saturated carbocycles. The largest absolute Gasteiger partial charge is 0.315 e. The van der Waals surface area contributed by atoms with Crippen LogP contribution in [0.5, 0.6) is 0 Å². The molecule has 0 radical (unpaired) electrons. The van der Waals surface area contributed by atoms with E-state index in [0.29, 0.717) is 18.8 Å². The SMILES string of the molecule is CN1C(=O)Cc2cc(C(=O)CC3CCC3)ccc21. The number of rotatable bonds is 3. The number of hydrogen-bond donors (Lipinski definition) is 0. The molecule has 1 aliphatic carbocycles. The number of nitrogens with zero attached hydrogens (tertiary/aromatic N) is 1. The van der Waals surface area contributed by atoms with Gasteiger partial charge in [-0.25, -0.2) is 0 Å². The Balaban J connectivity index is 1.80. The van der Waals surface area contributed by atoms with E-state index in [1.165, 1.54) is 19.3 Å². The van der Waals surface area contributed by atoms with Crippen molar-refractivity contribution in [2.45, 2.75) is 32.1 Å². The molecule has 1 amide bonds. The number of benzene rings is 1. The number of carbonyl (C=O) groups is 2. The predicted octanol–water partition coefficient (Wildman–Crippen LogP) is 2.58. The third kappa shape index (κ3) is 1.84.